The first-order valence-corrected chi connectivity index (χ1v) is 8.78. The van der Waals surface area contributed by atoms with Crippen molar-refractivity contribution in [1.29, 1.82) is 0 Å². The molecule has 0 bridgehead atoms. The lowest BCUT2D eigenvalue weighted by Gasteiger charge is -2.19. The molecule has 1 rings (SSSR count). The molecule has 0 heterocycles. The summed E-state index contributed by atoms with van der Waals surface area (Å²) in [7, 11) is 1.75. The highest BCUT2D eigenvalue weighted by molar-refractivity contribution is 14.0. The molecule has 6 nitrogen and oxygen atoms in total. The van der Waals surface area contributed by atoms with Crippen LogP contribution in [0.2, 0.25) is 0 Å². The summed E-state index contributed by atoms with van der Waals surface area (Å²) >= 11 is 0. The quantitative estimate of drug-likeness (QED) is 0.244. The van der Waals surface area contributed by atoms with Crippen molar-refractivity contribution in [3.05, 3.63) is 35.9 Å². The maximum atomic E-state index is 11.5. The standard InChI is InChI=1S/C19H32N4O2.HI/c1-15(16-10-7-6-8-11-16)14-23-17(20-5)21-12-9-13-22-18(24)25-19(2,3)4;/h6-8,10-11,15H,9,12-14H2,1-5H3,(H,22,24)(H2,20,21,23);1H. The van der Waals surface area contributed by atoms with Gasteiger partial charge in [-0.3, -0.25) is 4.99 Å². The van der Waals surface area contributed by atoms with Crippen LogP contribution in [0.5, 0.6) is 0 Å². The van der Waals surface area contributed by atoms with Crippen LogP contribution >= 0.6 is 24.0 Å². The molecule has 7 heteroatoms. The van der Waals surface area contributed by atoms with E-state index in [1.807, 2.05) is 26.8 Å². The van der Waals surface area contributed by atoms with Gasteiger partial charge in [0.05, 0.1) is 0 Å². The van der Waals surface area contributed by atoms with E-state index < -0.39 is 5.60 Å². The molecule has 0 saturated carbocycles. The molecule has 0 aliphatic carbocycles. The van der Waals surface area contributed by atoms with Crippen LogP contribution in [0.1, 0.15) is 45.6 Å². The molecule has 148 valence electrons. The highest BCUT2D eigenvalue weighted by atomic mass is 127. The number of ether oxygens (including phenoxy) is 1. The summed E-state index contributed by atoms with van der Waals surface area (Å²) in [6, 6.07) is 10.4. The topological polar surface area (TPSA) is 74.8 Å². The van der Waals surface area contributed by atoms with Crippen LogP contribution in [0, 0.1) is 0 Å². The molecule has 26 heavy (non-hydrogen) atoms. The first-order valence-electron chi connectivity index (χ1n) is 8.78. The van der Waals surface area contributed by atoms with E-state index in [9.17, 15) is 4.79 Å². The average Bonchev–Trinajstić information content (AvgIpc) is 2.56. The second kappa shape index (κ2) is 12.8. The van der Waals surface area contributed by atoms with Gasteiger partial charge >= 0.3 is 6.09 Å². The Morgan fingerprint density at radius 2 is 1.73 bits per heavy atom. The molecule has 1 atom stereocenters. The van der Waals surface area contributed by atoms with Gasteiger partial charge in [-0.05, 0) is 38.7 Å². The predicted molar refractivity (Wildman–Crippen MR) is 118 cm³/mol. The van der Waals surface area contributed by atoms with E-state index >= 15 is 0 Å². The maximum absolute atomic E-state index is 11.5. The molecule has 0 aliphatic heterocycles. The van der Waals surface area contributed by atoms with Crippen molar-refractivity contribution in [3.8, 4) is 0 Å². The number of nitrogens with one attached hydrogen (secondary N) is 3. The Hall–Kier alpha value is -1.51. The molecule has 1 aromatic rings. The van der Waals surface area contributed by atoms with E-state index in [0.29, 0.717) is 12.5 Å². The van der Waals surface area contributed by atoms with Crippen LogP contribution in [0.25, 0.3) is 0 Å². The normalized spacial score (nSPS) is 12.6. The summed E-state index contributed by atoms with van der Waals surface area (Å²) in [6.07, 6.45) is 0.403. The fraction of sp³-hybridized carbons (Fsp3) is 0.579. The number of carbonyl (C=O) groups is 1. The summed E-state index contributed by atoms with van der Waals surface area (Å²) in [4.78, 5) is 15.8. The second-order valence-corrected chi connectivity index (χ2v) is 6.97. The molecular formula is C19H33IN4O2. The van der Waals surface area contributed by atoms with Crippen molar-refractivity contribution in [2.45, 2.75) is 45.6 Å². The number of amides is 1. The molecule has 1 amide bonds. The molecule has 0 radical (unpaired) electrons. The first kappa shape index (κ1) is 24.5. The van der Waals surface area contributed by atoms with Gasteiger partial charge in [-0.25, -0.2) is 4.79 Å². The van der Waals surface area contributed by atoms with Crippen molar-refractivity contribution >= 4 is 36.0 Å². The lowest BCUT2D eigenvalue weighted by atomic mass is 10.0. The number of hydrogen-bond donors (Lipinski definition) is 3. The Bertz CT molecular complexity index is 544. The van der Waals surface area contributed by atoms with Crippen LogP contribution in [0.3, 0.4) is 0 Å². The van der Waals surface area contributed by atoms with E-state index in [0.717, 1.165) is 25.5 Å². The van der Waals surface area contributed by atoms with Gasteiger partial charge < -0.3 is 20.7 Å². The van der Waals surface area contributed by atoms with E-state index in [4.69, 9.17) is 4.74 Å². The van der Waals surface area contributed by atoms with Gasteiger partial charge in [0.15, 0.2) is 5.96 Å². The maximum Gasteiger partial charge on any atom is 0.407 e. The third-order valence-electron chi connectivity index (χ3n) is 3.48. The number of nitrogens with zero attached hydrogens (tertiary/aromatic N) is 1. The Morgan fingerprint density at radius 3 is 2.31 bits per heavy atom. The third-order valence-corrected chi connectivity index (χ3v) is 3.48. The van der Waals surface area contributed by atoms with Crippen molar-refractivity contribution in [3.63, 3.8) is 0 Å². The molecule has 0 spiro atoms. The zero-order valence-corrected chi connectivity index (χ0v) is 18.8. The summed E-state index contributed by atoms with van der Waals surface area (Å²) in [5, 5.41) is 9.31. The Labute approximate surface area is 174 Å². The van der Waals surface area contributed by atoms with Gasteiger partial charge in [0.1, 0.15) is 5.60 Å². The van der Waals surface area contributed by atoms with Gasteiger partial charge in [-0.2, -0.15) is 0 Å². The number of rotatable bonds is 7. The van der Waals surface area contributed by atoms with Crippen molar-refractivity contribution in [2.75, 3.05) is 26.7 Å². The number of hydrogen-bond acceptors (Lipinski definition) is 3. The van der Waals surface area contributed by atoms with Crippen LogP contribution in [-0.2, 0) is 4.74 Å². The molecule has 3 N–H and O–H groups in total. The van der Waals surface area contributed by atoms with Crippen LogP contribution in [-0.4, -0.2) is 44.3 Å². The van der Waals surface area contributed by atoms with E-state index in [1.54, 1.807) is 7.05 Å². The molecule has 1 unspecified atom stereocenters. The summed E-state index contributed by atoms with van der Waals surface area (Å²) < 4.78 is 5.19. The van der Waals surface area contributed by atoms with Gasteiger partial charge in [0.2, 0.25) is 0 Å². The monoisotopic (exact) mass is 476 g/mol. The smallest absolute Gasteiger partial charge is 0.407 e. The number of halogens is 1. The van der Waals surface area contributed by atoms with Crippen molar-refractivity contribution in [2.24, 2.45) is 4.99 Å². The fourth-order valence-electron chi connectivity index (χ4n) is 2.17. The predicted octanol–water partition coefficient (Wildman–Crippen LogP) is 3.49. The first-order chi connectivity index (χ1) is 11.8. The van der Waals surface area contributed by atoms with Crippen LogP contribution in [0.4, 0.5) is 4.79 Å². The minimum absolute atomic E-state index is 0. The second-order valence-electron chi connectivity index (χ2n) is 6.97. The lowest BCUT2D eigenvalue weighted by molar-refractivity contribution is 0.0527. The Kier molecular flexibility index (Phi) is 12.0. The number of aliphatic imine (C=N–C) groups is 1. The fourth-order valence-corrected chi connectivity index (χ4v) is 2.17. The van der Waals surface area contributed by atoms with Crippen molar-refractivity contribution in [1.82, 2.24) is 16.0 Å². The van der Waals surface area contributed by atoms with E-state index in [2.05, 4.69) is 52.1 Å². The summed E-state index contributed by atoms with van der Waals surface area (Å²) in [5.74, 6) is 1.16. The molecule has 0 fully saturated rings. The van der Waals surface area contributed by atoms with E-state index in [1.165, 1.54) is 5.56 Å². The van der Waals surface area contributed by atoms with Crippen molar-refractivity contribution < 1.29 is 9.53 Å². The number of guanidine groups is 1. The average molecular weight is 476 g/mol. The summed E-state index contributed by atoms with van der Waals surface area (Å²) in [5.41, 5.74) is 0.830. The number of benzene rings is 1. The number of alkyl carbamates (subject to hydrolysis) is 1. The number of carbonyl (C=O) groups excluding carboxylic acids is 1. The Balaban J connectivity index is 0.00000625. The largest absolute Gasteiger partial charge is 0.444 e. The SMILES string of the molecule is CN=C(NCCCNC(=O)OC(C)(C)C)NCC(C)c1ccccc1.I. The summed E-state index contributed by atoms with van der Waals surface area (Å²) in [6.45, 7) is 9.80. The van der Waals surface area contributed by atoms with Crippen LogP contribution < -0.4 is 16.0 Å². The molecule has 0 saturated heterocycles. The molecule has 1 aromatic carbocycles. The minimum atomic E-state index is -0.469. The molecule has 0 aromatic heterocycles. The minimum Gasteiger partial charge on any atom is -0.444 e. The van der Waals surface area contributed by atoms with Crippen LogP contribution in [0.15, 0.2) is 35.3 Å². The zero-order valence-electron chi connectivity index (χ0n) is 16.5. The van der Waals surface area contributed by atoms with Gasteiger partial charge in [0.25, 0.3) is 0 Å². The lowest BCUT2D eigenvalue weighted by Crippen LogP contribution is -2.40. The van der Waals surface area contributed by atoms with E-state index in [-0.39, 0.29) is 30.1 Å². The highest BCUT2D eigenvalue weighted by Gasteiger charge is 2.15. The van der Waals surface area contributed by atoms with Gasteiger partial charge in [-0.15, -0.1) is 24.0 Å². The third kappa shape index (κ3) is 11.2. The van der Waals surface area contributed by atoms with Gasteiger partial charge in [0, 0.05) is 26.7 Å². The molecule has 0 aliphatic rings. The highest BCUT2D eigenvalue weighted by Crippen LogP contribution is 2.12. The Morgan fingerprint density at radius 1 is 1.12 bits per heavy atom. The van der Waals surface area contributed by atoms with Gasteiger partial charge in [-0.1, -0.05) is 37.3 Å². The molecular weight excluding hydrogens is 443 g/mol. The zero-order chi connectivity index (χ0) is 18.7.